The van der Waals surface area contributed by atoms with Crippen molar-refractivity contribution in [1.82, 2.24) is 4.72 Å². The van der Waals surface area contributed by atoms with Gasteiger partial charge in [-0.1, -0.05) is 23.2 Å². The van der Waals surface area contributed by atoms with Gasteiger partial charge >= 0.3 is 5.97 Å². The van der Waals surface area contributed by atoms with Crippen molar-refractivity contribution < 1.29 is 22.7 Å². The molecule has 0 saturated heterocycles. The number of ether oxygens (including phenoxy) is 1. The van der Waals surface area contributed by atoms with E-state index < -0.39 is 16.0 Å². The number of halogens is 2. The van der Waals surface area contributed by atoms with E-state index in [0.717, 1.165) is 38.2 Å². The zero-order chi connectivity index (χ0) is 22.0. The van der Waals surface area contributed by atoms with E-state index in [-0.39, 0.29) is 44.4 Å². The van der Waals surface area contributed by atoms with Crippen LogP contribution in [0.15, 0.2) is 17.0 Å². The molecule has 31 heavy (non-hydrogen) atoms. The molecule has 0 atom stereocenters. The van der Waals surface area contributed by atoms with Gasteiger partial charge in [0.1, 0.15) is 4.90 Å². The third-order valence-electron chi connectivity index (χ3n) is 7.39. The maximum absolute atomic E-state index is 13.1. The van der Waals surface area contributed by atoms with Gasteiger partial charge in [-0.2, -0.15) is 0 Å². The Morgan fingerprint density at radius 2 is 1.58 bits per heavy atom. The number of Topliss-reactive ketones (excluding diaryl/α,β-unsaturated/α-hetero) is 1. The first-order chi connectivity index (χ1) is 14.6. The van der Waals surface area contributed by atoms with Crippen LogP contribution < -0.4 is 4.72 Å². The third kappa shape index (κ3) is 4.14. The summed E-state index contributed by atoms with van der Waals surface area (Å²) in [5, 5.41) is -0.0815. The van der Waals surface area contributed by atoms with Crippen molar-refractivity contribution in [2.75, 3.05) is 6.61 Å². The minimum Gasteiger partial charge on any atom is -0.454 e. The summed E-state index contributed by atoms with van der Waals surface area (Å²) in [5.74, 6) is 1.01. The number of ketones is 1. The van der Waals surface area contributed by atoms with Crippen LogP contribution in [0.5, 0.6) is 0 Å². The second kappa shape index (κ2) is 7.72. The lowest BCUT2D eigenvalue weighted by Crippen LogP contribution is -2.51. The molecule has 1 N–H and O–H groups in total. The SMILES string of the molecule is O=C(OCC(=O)C12CC3CC(CC(C3)C1)C2)c1cc(S(=O)(=O)NC2CC2)c(Cl)cc1Cl. The van der Waals surface area contributed by atoms with Crippen LogP contribution >= 0.6 is 23.2 Å². The highest BCUT2D eigenvalue weighted by Gasteiger charge is 2.54. The van der Waals surface area contributed by atoms with Gasteiger partial charge in [-0.3, -0.25) is 4.79 Å². The molecule has 4 bridgehead atoms. The molecule has 5 fully saturated rings. The minimum absolute atomic E-state index is 0.0115. The van der Waals surface area contributed by atoms with Crippen LogP contribution in [0.3, 0.4) is 0 Å². The lowest BCUT2D eigenvalue weighted by Gasteiger charge is -2.55. The largest absolute Gasteiger partial charge is 0.454 e. The smallest absolute Gasteiger partial charge is 0.340 e. The van der Waals surface area contributed by atoms with Crippen LogP contribution in [0.2, 0.25) is 10.0 Å². The Kier molecular flexibility index (Phi) is 5.40. The zero-order valence-electron chi connectivity index (χ0n) is 17.0. The van der Waals surface area contributed by atoms with E-state index in [2.05, 4.69) is 4.72 Å². The van der Waals surface area contributed by atoms with E-state index in [0.29, 0.717) is 17.8 Å². The van der Waals surface area contributed by atoms with Gasteiger partial charge in [-0.15, -0.1) is 0 Å². The van der Waals surface area contributed by atoms with E-state index in [1.165, 1.54) is 25.3 Å². The molecular formula is C22H25Cl2NO5S. The van der Waals surface area contributed by atoms with E-state index in [1.54, 1.807) is 0 Å². The number of benzene rings is 1. The fourth-order valence-electron chi connectivity index (χ4n) is 6.19. The highest BCUT2D eigenvalue weighted by atomic mass is 35.5. The Morgan fingerprint density at radius 3 is 2.13 bits per heavy atom. The lowest BCUT2D eigenvalue weighted by atomic mass is 9.48. The quantitative estimate of drug-likeness (QED) is 0.578. The van der Waals surface area contributed by atoms with Gasteiger partial charge in [0.15, 0.2) is 12.4 Å². The fourth-order valence-corrected chi connectivity index (χ4v) is 8.34. The first kappa shape index (κ1) is 21.7. The van der Waals surface area contributed by atoms with Crippen molar-refractivity contribution in [2.45, 2.75) is 62.3 Å². The molecule has 5 aliphatic carbocycles. The Bertz CT molecular complexity index is 1010. The molecule has 0 amide bonds. The first-order valence-corrected chi connectivity index (χ1v) is 13.1. The Hall–Kier alpha value is -1.15. The summed E-state index contributed by atoms with van der Waals surface area (Å²) in [6.45, 7) is -0.313. The summed E-state index contributed by atoms with van der Waals surface area (Å²) in [6, 6.07) is 2.25. The summed E-state index contributed by atoms with van der Waals surface area (Å²) in [5.41, 5.74) is -0.470. The maximum Gasteiger partial charge on any atom is 0.340 e. The Labute approximate surface area is 192 Å². The average molecular weight is 486 g/mol. The van der Waals surface area contributed by atoms with Gasteiger partial charge < -0.3 is 4.74 Å². The second-order valence-corrected chi connectivity index (χ2v) is 12.4. The van der Waals surface area contributed by atoms with Gasteiger partial charge in [0.05, 0.1) is 15.6 Å². The van der Waals surface area contributed by atoms with Crippen molar-refractivity contribution in [3.63, 3.8) is 0 Å². The summed E-state index contributed by atoms with van der Waals surface area (Å²) >= 11 is 12.2. The molecular weight excluding hydrogens is 461 g/mol. The molecule has 168 valence electrons. The van der Waals surface area contributed by atoms with Gasteiger partial charge in [0.25, 0.3) is 0 Å². The van der Waals surface area contributed by atoms with Crippen molar-refractivity contribution in [2.24, 2.45) is 23.2 Å². The molecule has 6 rings (SSSR count). The number of esters is 1. The Balaban J connectivity index is 1.30. The molecule has 1 aromatic rings. The number of rotatable bonds is 7. The van der Waals surface area contributed by atoms with Crippen molar-refractivity contribution >= 4 is 45.0 Å². The molecule has 9 heteroatoms. The lowest BCUT2D eigenvalue weighted by molar-refractivity contribution is -0.147. The van der Waals surface area contributed by atoms with Crippen molar-refractivity contribution in [3.8, 4) is 0 Å². The molecule has 5 saturated carbocycles. The predicted octanol–water partition coefficient (Wildman–Crippen LogP) is 4.38. The number of sulfonamides is 1. The zero-order valence-corrected chi connectivity index (χ0v) is 19.4. The van der Waals surface area contributed by atoms with Crippen molar-refractivity contribution in [3.05, 3.63) is 27.7 Å². The second-order valence-electron chi connectivity index (χ2n) is 9.86. The maximum atomic E-state index is 13.1. The fraction of sp³-hybridized carbons (Fsp3) is 0.636. The first-order valence-electron chi connectivity index (χ1n) is 10.9. The van der Waals surface area contributed by atoms with Crippen LogP contribution in [0.1, 0.15) is 61.7 Å². The highest BCUT2D eigenvalue weighted by molar-refractivity contribution is 7.89. The molecule has 0 aliphatic heterocycles. The molecule has 0 aromatic heterocycles. The normalized spacial score (nSPS) is 31.6. The van der Waals surface area contributed by atoms with E-state index in [4.69, 9.17) is 27.9 Å². The summed E-state index contributed by atoms with van der Waals surface area (Å²) in [4.78, 5) is 25.6. The van der Waals surface area contributed by atoms with Crippen LogP contribution in [-0.4, -0.2) is 32.8 Å². The standard InChI is InChI=1S/C22H25Cl2NO5S/c23-17-7-18(24)19(31(28,29)25-15-1-2-15)6-16(17)21(27)30-11-20(26)22-8-12-3-13(9-22)5-14(4-12)10-22/h6-7,12-15,25H,1-5,8-11H2. The van der Waals surface area contributed by atoms with E-state index in [9.17, 15) is 18.0 Å². The molecule has 5 aliphatic rings. The van der Waals surface area contributed by atoms with Crippen LogP contribution in [0.25, 0.3) is 0 Å². The topological polar surface area (TPSA) is 89.5 Å². The highest BCUT2D eigenvalue weighted by Crippen LogP contribution is 2.60. The monoisotopic (exact) mass is 485 g/mol. The van der Waals surface area contributed by atoms with Gasteiger partial charge in [-0.25, -0.2) is 17.9 Å². The van der Waals surface area contributed by atoms with E-state index in [1.807, 2.05) is 0 Å². The van der Waals surface area contributed by atoms with Crippen LogP contribution in [0.4, 0.5) is 0 Å². The number of hydrogen-bond donors (Lipinski definition) is 1. The number of carbonyl (C=O) groups is 2. The molecule has 0 radical (unpaired) electrons. The molecule has 1 aromatic carbocycles. The van der Waals surface area contributed by atoms with Gasteiger partial charge in [0.2, 0.25) is 10.0 Å². The molecule has 0 unspecified atom stereocenters. The van der Waals surface area contributed by atoms with E-state index >= 15 is 0 Å². The van der Waals surface area contributed by atoms with Gasteiger partial charge in [-0.05, 0) is 81.3 Å². The number of nitrogens with one attached hydrogen (secondary N) is 1. The predicted molar refractivity (Wildman–Crippen MR) is 116 cm³/mol. The Morgan fingerprint density at radius 1 is 1.00 bits per heavy atom. The summed E-state index contributed by atoms with van der Waals surface area (Å²) in [6.07, 6.45) is 7.89. The van der Waals surface area contributed by atoms with Crippen LogP contribution in [0, 0.1) is 23.2 Å². The third-order valence-corrected chi connectivity index (χ3v) is 9.69. The van der Waals surface area contributed by atoms with Crippen molar-refractivity contribution in [1.29, 1.82) is 0 Å². The number of carbonyl (C=O) groups excluding carboxylic acids is 2. The van der Waals surface area contributed by atoms with Crippen LogP contribution in [-0.2, 0) is 19.6 Å². The molecule has 6 nitrogen and oxygen atoms in total. The van der Waals surface area contributed by atoms with Gasteiger partial charge in [0, 0.05) is 11.5 Å². The molecule has 0 spiro atoms. The molecule has 0 heterocycles. The number of hydrogen-bond acceptors (Lipinski definition) is 5. The summed E-state index contributed by atoms with van der Waals surface area (Å²) < 4.78 is 33.0. The summed E-state index contributed by atoms with van der Waals surface area (Å²) in [7, 11) is -3.88. The average Bonchev–Trinajstić information content (AvgIpc) is 3.47. The minimum atomic E-state index is -3.88.